The highest BCUT2D eigenvalue weighted by Gasteiger charge is 2.31. The lowest BCUT2D eigenvalue weighted by atomic mass is 9.93. The van der Waals surface area contributed by atoms with E-state index in [2.05, 4.69) is 66.2 Å². The maximum atomic E-state index is 5.00. The summed E-state index contributed by atoms with van der Waals surface area (Å²) in [5, 5.41) is 3.51. The molecule has 2 saturated heterocycles. The molecule has 2 aliphatic heterocycles. The van der Waals surface area contributed by atoms with Crippen LogP contribution in [0.15, 0.2) is 35.3 Å². The minimum atomic E-state index is 0.414. The van der Waals surface area contributed by atoms with Gasteiger partial charge in [-0.1, -0.05) is 44.2 Å². The van der Waals surface area contributed by atoms with E-state index in [1.807, 2.05) is 0 Å². The van der Waals surface area contributed by atoms with Crippen LogP contribution in [0.4, 0.5) is 0 Å². The molecule has 0 saturated carbocycles. The van der Waals surface area contributed by atoms with Gasteiger partial charge < -0.3 is 15.1 Å². The summed E-state index contributed by atoms with van der Waals surface area (Å²) in [5.74, 6) is 1.83. The number of nitrogens with one attached hydrogen (secondary N) is 1. The highest BCUT2D eigenvalue weighted by atomic mass is 15.3. The van der Waals surface area contributed by atoms with Crippen LogP contribution in [-0.4, -0.2) is 61.6 Å². The van der Waals surface area contributed by atoms with E-state index >= 15 is 0 Å². The summed E-state index contributed by atoms with van der Waals surface area (Å²) in [6.07, 6.45) is 3.69. The third-order valence-electron chi connectivity index (χ3n) is 5.74. The molecule has 0 amide bonds. The van der Waals surface area contributed by atoms with Gasteiger partial charge in [0.05, 0.1) is 0 Å². The molecule has 1 unspecified atom stereocenters. The summed E-state index contributed by atoms with van der Waals surface area (Å²) in [6.45, 7) is 14.6. The maximum Gasteiger partial charge on any atom is 0.193 e. The molecule has 4 heteroatoms. The minimum absolute atomic E-state index is 0.414. The van der Waals surface area contributed by atoms with Gasteiger partial charge in [-0.15, -0.1) is 0 Å². The summed E-state index contributed by atoms with van der Waals surface area (Å²) in [5.41, 5.74) is 1.86. The standard InChI is InChI=1S/C22H36N4/c1-4-23-21(26-15-12-22(2,3)18-26)24-16-20-11-14-25(17-20)13-10-19-8-6-5-7-9-19/h5-9,20H,4,10-18H2,1-3H3,(H,23,24). The summed E-state index contributed by atoms with van der Waals surface area (Å²) in [6, 6.07) is 10.8. The smallest absolute Gasteiger partial charge is 0.193 e. The van der Waals surface area contributed by atoms with Crippen LogP contribution in [-0.2, 0) is 6.42 Å². The van der Waals surface area contributed by atoms with E-state index in [4.69, 9.17) is 4.99 Å². The second-order valence-electron chi connectivity index (χ2n) is 8.72. The molecule has 0 radical (unpaired) electrons. The average molecular weight is 357 g/mol. The number of guanidine groups is 1. The minimum Gasteiger partial charge on any atom is -0.357 e. The van der Waals surface area contributed by atoms with E-state index in [9.17, 15) is 0 Å². The lowest BCUT2D eigenvalue weighted by Crippen LogP contribution is -2.41. The molecule has 2 fully saturated rings. The predicted molar refractivity (Wildman–Crippen MR) is 111 cm³/mol. The van der Waals surface area contributed by atoms with Crippen molar-refractivity contribution in [2.75, 3.05) is 45.8 Å². The molecule has 0 aliphatic carbocycles. The highest BCUT2D eigenvalue weighted by molar-refractivity contribution is 5.80. The van der Waals surface area contributed by atoms with Gasteiger partial charge in [0.1, 0.15) is 0 Å². The van der Waals surface area contributed by atoms with Crippen LogP contribution in [0.1, 0.15) is 39.2 Å². The van der Waals surface area contributed by atoms with Crippen LogP contribution in [0, 0.1) is 11.3 Å². The van der Waals surface area contributed by atoms with Crippen LogP contribution in [0.3, 0.4) is 0 Å². The highest BCUT2D eigenvalue weighted by Crippen LogP contribution is 2.28. The van der Waals surface area contributed by atoms with Gasteiger partial charge in [-0.2, -0.15) is 0 Å². The molecule has 1 atom stereocenters. The Balaban J connectivity index is 1.46. The van der Waals surface area contributed by atoms with Crippen molar-refractivity contribution in [2.45, 2.75) is 40.0 Å². The molecule has 0 aromatic heterocycles. The molecule has 26 heavy (non-hydrogen) atoms. The van der Waals surface area contributed by atoms with E-state index in [1.54, 1.807) is 0 Å². The normalized spacial score (nSPS) is 23.6. The van der Waals surface area contributed by atoms with Crippen molar-refractivity contribution in [3.63, 3.8) is 0 Å². The Morgan fingerprint density at radius 3 is 2.73 bits per heavy atom. The Labute approximate surface area is 159 Å². The monoisotopic (exact) mass is 356 g/mol. The predicted octanol–water partition coefficient (Wildman–Crippen LogP) is 3.25. The Morgan fingerprint density at radius 2 is 2.04 bits per heavy atom. The first-order chi connectivity index (χ1) is 12.6. The van der Waals surface area contributed by atoms with Crippen LogP contribution < -0.4 is 5.32 Å². The van der Waals surface area contributed by atoms with E-state index in [0.717, 1.165) is 38.6 Å². The van der Waals surface area contributed by atoms with Crippen molar-refractivity contribution in [3.8, 4) is 0 Å². The van der Waals surface area contributed by atoms with Gasteiger partial charge in [0, 0.05) is 39.3 Å². The summed E-state index contributed by atoms with van der Waals surface area (Å²) < 4.78 is 0. The Bertz CT molecular complexity index is 581. The van der Waals surface area contributed by atoms with Crippen molar-refractivity contribution >= 4 is 5.96 Å². The molecule has 4 nitrogen and oxygen atoms in total. The number of aliphatic imine (C=N–C) groups is 1. The molecular formula is C22H36N4. The van der Waals surface area contributed by atoms with Crippen LogP contribution in [0.5, 0.6) is 0 Å². The topological polar surface area (TPSA) is 30.9 Å². The zero-order valence-corrected chi connectivity index (χ0v) is 16.9. The molecule has 2 aliphatic rings. The van der Waals surface area contributed by atoms with E-state index in [1.165, 1.54) is 38.0 Å². The second-order valence-corrected chi connectivity index (χ2v) is 8.72. The van der Waals surface area contributed by atoms with Gasteiger partial charge >= 0.3 is 0 Å². The molecule has 0 bridgehead atoms. The first kappa shape index (κ1) is 19.2. The molecule has 1 aromatic rings. The van der Waals surface area contributed by atoms with Crippen molar-refractivity contribution in [1.82, 2.24) is 15.1 Å². The van der Waals surface area contributed by atoms with Crippen molar-refractivity contribution in [2.24, 2.45) is 16.3 Å². The zero-order valence-electron chi connectivity index (χ0n) is 16.9. The Hall–Kier alpha value is -1.55. The fourth-order valence-corrected chi connectivity index (χ4v) is 4.13. The zero-order chi connectivity index (χ0) is 18.4. The number of benzene rings is 1. The third kappa shape index (κ3) is 5.47. The van der Waals surface area contributed by atoms with E-state index in [0.29, 0.717) is 11.3 Å². The number of hydrogen-bond donors (Lipinski definition) is 1. The molecule has 144 valence electrons. The number of hydrogen-bond acceptors (Lipinski definition) is 2. The SMILES string of the molecule is CCNC(=NCC1CCN(CCc2ccccc2)C1)N1CCC(C)(C)C1. The van der Waals surface area contributed by atoms with Crippen LogP contribution >= 0.6 is 0 Å². The number of likely N-dealkylation sites (tertiary alicyclic amines) is 2. The second kappa shape index (κ2) is 8.90. The van der Waals surface area contributed by atoms with Gasteiger partial charge in [0.15, 0.2) is 5.96 Å². The average Bonchev–Trinajstić information content (AvgIpc) is 3.24. The first-order valence-corrected chi connectivity index (χ1v) is 10.4. The fraction of sp³-hybridized carbons (Fsp3) is 0.682. The van der Waals surface area contributed by atoms with Gasteiger partial charge in [-0.3, -0.25) is 4.99 Å². The van der Waals surface area contributed by atoms with E-state index < -0.39 is 0 Å². The molecule has 2 heterocycles. The van der Waals surface area contributed by atoms with Gasteiger partial charge in [-0.05, 0) is 49.6 Å². The number of rotatable bonds is 6. The quantitative estimate of drug-likeness (QED) is 0.627. The molecule has 3 rings (SSSR count). The molecule has 1 aromatic carbocycles. The van der Waals surface area contributed by atoms with Crippen LogP contribution in [0.2, 0.25) is 0 Å². The van der Waals surface area contributed by atoms with Crippen molar-refractivity contribution in [3.05, 3.63) is 35.9 Å². The van der Waals surface area contributed by atoms with Gasteiger partial charge in [0.2, 0.25) is 0 Å². The third-order valence-corrected chi connectivity index (χ3v) is 5.74. The summed E-state index contributed by atoms with van der Waals surface area (Å²) >= 11 is 0. The molecular weight excluding hydrogens is 320 g/mol. The summed E-state index contributed by atoms with van der Waals surface area (Å²) in [7, 11) is 0. The molecule has 1 N–H and O–H groups in total. The van der Waals surface area contributed by atoms with Gasteiger partial charge in [-0.25, -0.2) is 0 Å². The largest absolute Gasteiger partial charge is 0.357 e. The fourth-order valence-electron chi connectivity index (χ4n) is 4.13. The Morgan fingerprint density at radius 1 is 1.23 bits per heavy atom. The van der Waals surface area contributed by atoms with Crippen LogP contribution in [0.25, 0.3) is 0 Å². The van der Waals surface area contributed by atoms with E-state index in [-0.39, 0.29) is 0 Å². The van der Waals surface area contributed by atoms with Crippen molar-refractivity contribution < 1.29 is 0 Å². The maximum absolute atomic E-state index is 5.00. The Kier molecular flexibility index (Phi) is 6.58. The lowest BCUT2D eigenvalue weighted by molar-refractivity contribution is 0.329. The summed E-state index contributed by atoms with van der Waals surface area (Å²) in [4.78, 5) is 10.1. The molecule has 0 spiro atoms. The van der Waals surface area contributed by atoms with Gasteiger partial charge in [0.25, 0.3) is 0 Å². The number of nitrogens with zero attached hydrogens (tertiary/aromatic N) is 3. The lowest BCUT2D eigenvalue weighted by Gasteiger charge is -2.24. The van der Waals surface area contributed by atoms with Crippen molar-refractivity contribution in [1.29, 1.82) is 0 Å². The first-order valence-electron chi connectivity index (χ1n) is 10.4.